The van der Waals surface area contributed by atoms with Gasteiger partial charge in [-0.2, -0.15) is 0 Å². The Hall–Kier alpha value is -1.46. The summed E-state index contributed by atoms with van der Waals surface area (Å²) in [5.41, 5.74) is 9.40. The van der Waals surface area contributed by atoms with Gasteiger partial charge in [0.1, 0.15) is 11.4 Å². The third-order valence-electron chi connectivity index (χ3n) is 4.80. The van der Waals surface area contributed by atoms with Crippen LogP contribution in [0, 0.1) is 0 Å². The smallest absolute Gasteiger partial charge is 0.125 e. The highest BCUT2D eigenvalue weighted by molar-refractivity contribution is 5.72. The van der Waals surface area contributed by atoms with Gasteiger partial charge in [0, 0.05) is 44.0 Å². The number of hydrogen-bond donors (Lipinski definition) is 1. The first-order valence-electron chi connectivity index (χ1n) is 7.78. The number of ether oxygens (including phenoxy) is 3. The van der Waals surface area contributed by atoms with E-state index in [9.17, 15) is 0 Å². The summed E-state index contributed by atoms with van der Waals surface area (Å²) in [6, 6.07) is 4.23. The SMILES string of the molecule is Nc1cc2c(cc1N1CCOCC1)OC1(CCOCC1)C2. The molecule has 0 aliphatic carbocycles. The van der Waals surface area contributed by atoms with E-state index in [0.29, 0.717) is 0 Å². The third-order valence-corrected chi connectivity index (χ3v) is 4.80. The number of hydrogen-bond acceptors (Lipinski definition) is 5. The van der Waals surface area contributed by atoms with Crippen LogP contribution in [0.5, 0.6) is 5.75 Å². The average molecular weight is 290 g/mol. The lowest BCUT2D eigenvalue weighted by Gasteiger charge is -2.32. The molecule has 5 nitrogen and oxygen atoms in total. The molecule has 3 heterocycles. The van der Waals surface area contributed by atoms with Gasteiger partial charge in [-0.05, 0) is 6.07 Å². The number of nitrogens with zero attached hydrogens (tertiary/aromatic N) is 1. The molecule has 5 heteroatoms. The molecule has 3 aliphatic rings. The lowest BCUT2D eigenvalue weighted by atomic mass is 9.89. The van der Waals surface area contributed by atoms with Crippen LogP contribution >= 0.6 is 0 Å². The maximum atomic E-state index is 6.33. The van der Waals surface area contributed by atoms with Gasteiger partial charge in [-0.3, -0.25) is 0 Å². The van der Waals surface area contributed by atoms with Gasteiger partial charge < -0.3 is 24.8 Å². The van der Waals surface area contributed by atoms with Crippen LogP contribution in [-0.2, 0) is 15.9 Å². The number of benzene rings is 1. The van der Waals surface area contributed by atoms with E-state index in [1.807, 2.05) is 0 Å². The Kier molecular flexibility index (Phi) is 3.19. The summed E-state index contributed by atoms with van der Waals surface area (Å²) < 4.78 is 17.2. The Bertz CT molecular complexity index is 535. The molecule has 0 radical (unpaired) electrons. The molecule has 114 valence electrons. The van der Waals surface area contributed by atoms with Crippen molar-refractivity contribution in [2.45, 2.75) is 24.9 Å². The standard InChI is InChI=1S/C16H22N2O3/c17-13-9-12-11-16(1-5-19-6-2-16)21-15(12)10-14(13)18-3-7-20-8-4-18/h9-10H,1-8,11,17H2. The van der Waals surface area contributed by atoms with Crippen LogP contribution < -0.4 is 15.4 Å². The maximum absolute atomic E-state index is 6.33. The molecule has 1 aromatic rings. The molecule has 2 saturated heterocycles. The van der Waals surface area contributed by atoms with Crippen molar-refractivity contribution < 1.29 is 14.2 Å². The van der Waals surface area contributed by atoms with Crippen molar-refractivity contribution in [1.82, 2.24) is 0 Å². The van der Waals surface area contributed by atoms with Crippen molar-refractivity contribution in [3.8, 4) is 5.75 Å². The van der Waals surface area contributed by atoms with E-state index in [1.54, 1.807) is 0 Å². The first kappa shape index (κ1) is 13.2. The van der Waals surface area contributed by atoms with Gasteiger partial charge in [-0.15, -0.1) is 0 Å². The highest BCUT2D eigenvalue weighted by atomic mass is 16.5. The Morgan fingerprint density at radius 2 is 1.71 bits per heavy atom. The van der Waals surface area contributed by atoms with E-state index < -0.39 is 0 Å². The van der Waals surface area contributed by atoms with Crippen molar-refractivity contribution in [2.75, 3.05) is 50.2 Å². The summed E-state index contributed by atoms with van der Waals surface area (Å²) in [5, 5.41) is 0. The van der Waals surface area contributed by atoms with Crippen LogP contribution in [0.25, 0.3) is 0 Å². The van der Waals surface area contributed by atoms with Crippen LogP contribution in [0.4, 0.5) is 11.4 Å². The summed E-state index contributed by atoms with van der Waals surface area (Å²) in [6.07, 6.45) is 2.89. The Labute approximate surface area is 125 Å². The maximum Gasteiger partial charge on any atom is 0.125 e. The van der Waals surface area contributed by atoms with Gasteiger partial charge >= 0.3 is 0 Å². The monoisotopic (exact) mass is 290 g/mol. The molecule has 0 aromatic heterocycles. The summed E-state index contributed by atoms with van der Waals surface area (Å²) in [5.74, 6) is 1.01. The zero-order valence-electron chi connectivity index (χ0n) is 12.3. The zero-order chi connectivity index (χ0) is 14.3. The fourth-order valence-electron chi connectivity index (χ4n) is 3.58. The van der Waals surface area contributed by atoms with E-state index in [0.717, 1.165) is 75.9 Å². The Morgan fingerprint density at radius 3 is 2.48 bits per heavy atom. The van der Waals surface area contributed by atoms with E-state index in [4.69, 9.17) is 19.9 Å². The fourth-order valence-corrected chi connectivity index (χ4v) is 3.58. The summed E-state index contributed by atoms with van der Waals surface area (Å²) in [7, 11) is 0. The lowest BCUT2D eigenvalue weighted by molar-refractivity contribution is -0.0330. The summed E-state index contributed by atoms with van der Waals surface area (Å²) in [4.78, 5) is 2.29. The first-order valence-corrected chi connectivity index (χ1v) is 7.78. The number of morpholine rings is 1. The van der Waals surface area contributed by atoms with Gasteiger partial charge in [0.15, 0.2) is 0 Å². The minimum atomic E-state index is -0.0589. The van der Waals surface area contributed by atoms with Crippen LogP contribution in [0.2, 0.25) is 0 Å². The second-order valence-corrected chi connectivity index (χ2v) is 6.19. The summed E-state index contributed by atoms with van der Waals surface area (Å²) >= 11 is 0. The lowest BCUT2D eigenvalue weighted by Crippen LogP contribution is -2.40. The van der Waals surface area contributed by atoms with Gasteiger partial charge in [0.05, 0.1) is 37.8 Å². The highest BCUT2D eigenvalue weighted by Crippen LogP contribution is 2.44. The molecule has 1 spiro atoms. The third kappa shape index (κ3) is 2.34. The molecule has 2 N–H and O–H groups in total. The number of anilines is 2. The molecule has 3 aliphatic heterocycles. The van der Waals surface area contributed by atoms with Crippen LogP contribution in [0.1, 0.15) is 18.4 Å². The van der Waals surface area contributed by atoms with E-state index >= 15 is 0 Å². The van der Waals surface area contributed by atoms with Gasteiger partial charge in [0.2, 0.25) is 0 Å². The molecular weight excluding hydrogens is 268 g/mol. The minimum Gasteiger partial charge on any atom is -0.486 e. The Morgan fingerprint density at radius 1 is 1.00 bits per heavy atom. The van der Waals surface area contributed by atoms with E-state index in [1.165, 1.54) is 5.56 Å². The summed E-state index contributed by atoms with van der Waals surface area (Å²) in [6.45, 7) is 4.89. The molecule has 0 amide bonds. The highest BCUT2D eigenvalue weighted by Gasteiger charge is 2.41. The molecule has 0 bridgehead atoms. The number of nitrogens with two attached hydrogens (primary N) is 1. The number of fused-ring (bicyclic) bond motifs is 1. The van der Waals surface area contributed by atoms with E-state index in [-0.39, 0.29) is 5.60 Å². The number of rotatable bonds is 1. The first-order chi connectivity index (χ1) is 10.3. The normalized spacial score (nSPS) is 23.9. The number of nitrogen functional groups attached to an aromatic ring is 1. The second kappa shape index (κ2) is 5.07. The van der Waals surface area contributed by atoms with Crippen LogP contribution in [-0.4, -0.2) is 45.1 Å². The quantitative estimate of drug-likeness (QED) is 0.796. The van der Waals surface area contributed by atoms with Crippen molar-refractivity contribution in [3.05, 3.63) is 17.7 Å². The Balaban J connectivity index is 1.62. The van der Waals surface area contributed by atoms with Crippen molar-refractivity contribution in [2.24, 2.45) is 0 Å². The topological polar surface area (TPSA) is 57.0 Å². The largest absolute Gasteiger partial charge is 0.486 e. The predicted octanol–water partition coefficient (Wildman–Crippen LogP) is 1.59. The molecule has 21 heavy (non-hydrogen) atoms. The van der Waals surface area contributed by atoms with Gasteiger partial charge in [0.25, 0.3) is 0 Å². The van der Waals surface area contributed by atoms with Crippen LogP contribution in [0.15, 0.2) is 12.1 Å². The molecular formula is C16H22N2O3. The molecule has 1 aromatic carbocycles. The van der Waals surface area contributed by atoms with Gasteiger partial charge in [-0.25, -0.2) is 0 Å². The molecule has 2 fully saturated rings. The van der Waals surface area contributed by atoms with Crippen molar-refractivity contribution >= 4 is 11.4 Å². The van der Waals surface area contributed by atoms with Gasteiger partial charge in [-0.1, -0.05) is 0 Å². The average Bonchev–Trinajstić information content (AvgIpc) is 2.84. The molecule has 0 atom stereocenters. The minimum absolute atomic E-state index is 0.0589. The van der Waals surface area contributed by atoms with E-state index in [2.05, 4.69) is 17.0 Å². The zero-order valence-corrected chi connectivity index (χ0v) is 12.3. The second-order valence-electron chi connectivity index (χ2n) is 6.19. The van der Waals surface area contributed by atoms with Crippen molar-refractivity contribution in [3.63, 3.8) is 0 Å². The molecule has 4 rings (SSSR count). The van der Waals surface area contributed by atoms with Crippen LogP contribution in [0.3, 0.4) is 0 Å². The molecule has 0 saturated carbocycles. The van der Waals surface area contributed by atoms with Crippen molar-refractivity contribution in [1.29, 1.82) is 0 Å². The molecule has 0 unspecified atom stereocenters. The fraction of sp³-hybridized carbons (Fsp3) is 0.625. The predicted molar refractivity (Wildman–Crippen MR) is 81.0 cm³/mol.